The largest absolute Gasteiger partial charge is 0.481 e. The standard InChI is InChI=1S/C42H41N7O4/c1-25-33(5-3-7-35(25)41-47-37-19-27(17-31(20-43)39(37)53-41)22-49-16-12-32(50)24-49)34-6-4-8-36(26(34)2)46-40-38-30(9-13-44-40)18-28(21-45-38)23-48-14-10-29(11-15-48)42(51)52/h3-9,13,17-19,21,29,32,50H,10-12,14-16,22-24H2,1-2H3,(H,44,46)(H,51,52). The van der Waals surface area contributed by atoms with Gasteiger partial charge in [-0.1, -0.05) is 24.3 Å². The maximum atomic E-state index is 11.4. The van der Waals surface area contributed by atoms with Crippen LogP contribution in [-0.2, 0) is 17.9 Å². The molecule has 3 N–H and O–H groups in total. The number of hydrogen-bond acceptors (Lipinski definition) is 10. The molecule has 3 aromatic heterocycles. The number of β-amino-alcohol motifs (C(OH)–C–C–N with tert-alkyl or cyclic N) is 1. The number of anilines is 2. The van der Waals surface area contributed by atoms with E-state index in [1.807, 2.05) is 48.7 Å². The predicted octanol–water partition coefficient (Wildman–Crippen LogP) is 7.20. The first-order valence-corrected chi connectivity index (χ1v) is 18.1. The predicted molar refractivity (Wildman–Crippen MR) is 203 cm³/mol. The van der Waals surface area contributed by atoms with Gasteiger partial charge in [-0.05, 0) is 116 Å². The van der Waals surface area contributed by atoms with E-state index < -0.39 is 5.97 Å². The fraction of sp³-hybridized carbons (Fsp3) is 0.310. The molecule has 1 atom stereocenters. The van der Waals surface area contributed by atoms with E-state index in [4.69, 9.17) is 14.4 Å². The lowest BCUT2D eigenvalue weighted by Gasteiger charge is -2.29. The minimum atomic E-state index is -0.699. The highest BCUT2D eigenvalue weighted by Gasteiger charge is 2.25. The number of piperidine rings is 1. The number of likely N-dealkylation sites (tertiary alicyclic amines) is 2. The van der Waals surface area contributed by atoms with Gasteiger partial charge in [-0.2, -0.15) is 5.26 Å². The molecule has 1 unspecified atom stereocenters. The quantitative estimate of drug-likeness (QED) is 0.140. The monoisotopic (exact) mass is 707 g/mol. The van der Waals surface area contributed by atoms with E-state index in [9.17, 15) is 20.3 Å². The third-order valence-electron chi connectivity index (χ3n) is 10.8. The molecule has 2 saturated heterocycles. The Hall–Kier alpha value is -5.67. The van der Waals surface area contributed by atoms with Crippen LogP contribution in [0.2, 0.25) is 0 Å². The summed E-state index contributed by atoms with van der Waals surface area (Å²) in [5, 5.41) is 33.8. The van der Waals surface area contributed by atoms with E-state index in [2.05, 4.69) is 58.2 Å². The highest BCUT2D eigenvalue weighted by atomic mass is 16.4. The van der Waals surface area contributed by atoms with Crippen LogP contribution >= 0.6 is 0 Å². The van der Waals surface area contributed by atoms with E-state index in [1.54, 1.807) is 6.20 Å². The Morgan fingerprint density at radius 3 is 2.42 bits per heavy atom. The number of nitrogens with one attached hydrogen (secondary N) is 1. The number of benzene rings is 3. The molecule has 2 aliphatic rings. The molecule has 0 saturated carbocycles. The lowest BCUT2D eigenvalue weighted by molar-refractivity contribution is -0.143. The molecule has 2 aliphatic heterocycles. The minimum Gasteiger partial charge on any atom is -0.481 e. The number of carboxylic acids is 1. The van der Waals surface area contributed by atoms with Crippen molar-refractivity contribution in [1.82, 2.24) is 24.8 Å². The molecule has 268 valence electrons. The number of fused-ring (bicyclic) bond motifs is 2. The summed E-state index contributed by atoms with van der Waals surface area (Å²) in [7, 11) is 0. The van der Waals surface area contributed by atoms with Crippen LogP contribution in [0.15, 0.2) is 77.5 Å². The fourth-order valence-electron chi connectivity index (χ4n) is 7.82. The number of carboxylic acid groups (broad SMARTS) is 1. The Morgan fingerprint density at radius 1 is 0.925 bits per heavy atom. The average molecular weight is 708 g/mol. The van der Waals surface area contributed by atoms with Gasteiger partial charge in [0.2, 0.25) is 5.89 Å². The summed E-state index contributed by atoms with van der Waals surface area (Å²) in [6.45, 7) is 8.51. The summed E-state index contributed by atoms with van der Waals surface area (Å²) in [5.74, 6) is 0.184. The van der Waals surface area contributed by atoms with Crippen LogP contribution in [0.25, 0.3) is 44.6 Å². The van der Waals surface area contributed by atoms with Gasteiger partial charge in [0, 0.05) is 55.2 Å². The minimum absolute atomic E-state index is 0.251. The molecule has 6 aromatic rings. The molecule has 0 bridgehead atoms. The number of aromatic nitrogens is 3. The normalized spacial score (nSPS) is 17.1. The summed E-state index contributed by atoms with van der Waals surface area (Å²) in [6, 6.07) is 22.5. The Balaban J connectivity index is 1.05. The van der Waals surface area contributed by atoms with Gasteiger partial charge < -0.3 is 19.9 Å². The SMILES string of the molecule is Cc1c(Nc2nccc3cc(CN4CCC(C(=O)O)CC4)cnc23)cccc1-c1cccc(-c2nc3cc(CN4CCC(O)C4)cc(C#N)c3o2)c1C. The second-order valence-electron chi connectivity index (χ2n) is 14.3. The number of aliphatic hydroxyl groups excluding tert-OH is 1. The number of carbonyl (C=O) groups is 1. The van der Waals surface area contributed by atoms with Gasteiger partial charge in [0.25, 0.3) is 0 Å². The van der Waals surface area contributed by atoms with Crippen LogP contribution in [0.3, 0.4) is 0 Å². The molecule has 0 spiro atoms. The lowest BCUT2D eigenvalue weighted by atomic mass is 9.93. The maximum absolute atomic E-state index is 11.4. The second kappa shape index (κ2) is 14.4. The lowest BCUT2D eigenvalue weighted by Crippen LogP contribution is -2.35. The molecule has 2 fully saturated rings. The Kier molecular flexibility index (Phi) is 9.35. The average Bonchev–Trinajstić information content (AvgIpc) is 3.78. The molecule has 53 heavy (non-hydrogen) atoms. The highest BCUT2D eigenvalue weighted by molar-refractivity contribution is 5.91. The van der Waals surface area contributed by atoms with Crippen molar-refractivity contribution in [3.63, 3.8) is 0 Å². The third-order valence-corrected chi connectivity index (χ3v) is 10.8. The van der Waals surface area contributed by atoms with Gasteiger partial charge in [0.15, 0.2) is 11.4 Å². The number of nitrogens with zero attached hydrogens (tertiary/aromatic N) is 6. The van der Waals surface area contributed by atoms with Crippen LogP contribution in [0.4, 0.5) is 11.5 Å². The van der Waals surface area contributed by atoms with Crippen LogP contribution < -0.4 is 5.32 Å². The number of nitriles is 1. The van der Waals surface area contributed by atoms with Crippen molar-refractivity contribution in [2.75, 3.05) is 31.5 Å². The van der Waals surface area contributed by atoms with Crippen LogP contribution in [0.1, 0.15) is 47.1 Å². The molecule has 11 heteroatoms. The number of oxazole rings is 1. The third kappa shape index (κ3) is 6.97. The van der Waals surface area contributed by atoms with E-state index >= 15 is 0 Å². The van der Waals surface area contributed by atoms with Crippen LogP contribution in [0, 0.1) is 31.1 Å². The fourth-order valence-corrected chi connectivity index (χ4v) is 7.82. The van der Waals surface area contributed by atoms with Crippen molar-refractivity contribution < 1.29 is 19.4 Å². The first-order chi connectivity index (χ1) is 25.7. The van der Waals surface area contributed by atoms with Crippen LogP contribution in [0.5, 0.6) is 0 Å². The zero-order chi connectivity index (χ0) is 36.6. The summed E-state index contributed by atoms with van der Waals surface area (Å²) < 4.78 is 6.29. The maximum Gasteiger partial charge on any atom is 0.306 e. The molecule has 0 aliphatic carbocycles. The van der Waals surface area contributed by atoms with Crippen molar-refractivity contribution >= 4 is 39.5 Å². The van der Waals surface area contributed by atoms with Crippen molar-refractivity contribution in [3.05, 3.63) is 101 Å². The molecule has 0 radical (unpaired) electrons. The first-order valence-electron chi connectivity index (χ1n) is 18.1. The summed E-state index contributed by atoms with van der Waals surface area (Å²) in [4.78, 5) is 30.2. The van der Waals surface area contributed by atoms with Gasteiger partial charge in [-0.25, -0.2) is 9.97 Å². The van der Waals surface area contributed by atoms with Crippen molar-refractivity contribution in [2.24, 2.45) is 5.92 Å². The van der Waals surface area contributed by atoms with Crippen molar-refractivity contribution in [1.29, 1.82) is 5.26 Å². The number of aliphatic carboxylic acids is 1. The van der Waals surface area contributed by atoms with Crippen LogP contribution in [-0.4, -0.2) is 73.2 Å². The Bertz CT molecular complexity index is 2390. The topological polar surface area (TPSA) is 152 Å². The van der Waals surface area contributed by atoms with E-state index in [0.29, 0.717) is 54.3 Å². The van der Waals surface area contributed by atoms with Gasteiger partial charge in [0.1, 0.15) is 17.1 Å². The molecule has 11 nitrogen and oxygen atoms in total. The highest BCUT2D eigenvalue weighted by Crippen LogP contribution is 2.38. The van der Waals surface area contributed by atoms with Crippen molar-refractivity contribution in [3.8, 4) is 28.7 Å². The molecule has 3 aromatic carbocycles. The molecular weight excluding hydrogens is 667 g/mol. The smallest absolute Gasteiger partial charge is 0.306 e. The second-order valence-corrected chi connectivity index (χ2v) is 14.3. The Morgan fingerprint density at radius 2 is 1.66 bits per heavy atom. The Labute approximate surface area is 307 Å². The first kappa shape index (κ1) is 34.4. The van der Waals surface area contributed by atoms with Gasteiger partial charge in [0.05, 0.1) is 17.6 Å². The van der Waals surface area contributed by atoms with E-state index in [0.717, 1.165) is 88.1 Å². The number of rotatable bonds is 9. The zero-order valence-electron chi connectivity index (χ0n) is 29.8. The van der Waals surface area contributed by atoms with E-state index in [1.165, 1.54) is 0 Å². The van der Waals surface area contributed by atoms with Gasteiger partial charge in [-0.15, -0.1) is 0 Å². The number of hydrogen-bond donors (Lipinski definition) is 3. The molecule has 0 amide bonds. The number of pyridine rings is 2. The van der Waals surface area contributed by atoms with E-state index in [-0.39, 0.29) is 12.0 Å². The van der Waals surface area contributed by atoms with Gasteiger partial charge in [-0.3, -0.25) is 19.6 Å². The molecule has 5 heterocycles. The van der Waals surface area contributed by atoms with Gasteiger partial charge >= 0.3 is 5.97 Å². The number of aliphatic hydroxyl groups is 1. The summed E-state index contributed by atoms with van der Waals surface area (Å²) in [6.07, 6.45) is 5.47. The summed E-state index contributed by atoms with van der Waals surface area (Å²) in [5.41, 5.74) is 10.3. The molecule has 8 rings (SSSR count). The zero-order valence-corrected chi connectivity index (χ0v) is 29.8. The summed E-state index contributed by atoms with van der Waals surface area (Å²) >= 11 is 0. The van der Waals surface area contributed by atoms with Crippen molar-refractivity contribution in [2.45, 2.75) is 52.3 Å². The molecular formula is C42H41N7O4.